The van der Waals surface area contributed by atoms with Crippen molar-refractivity contribution in [1.29, 1.82) is 0 Å². The highest BCUT2D eigenvalue weighted by Gasteiger charge is 2.04. The van der Waals surface area contributed by atoms with Crippen molar-refractivity contribution in [3.8, 4) is 0 Å². The Labute approximate surface area is 54.2 Å². The van der Waals surface area contributed by atoms with E-state index >= 15 is 0 Å². The fraction of sp³-hybridized carbons (Fsp3) is 0.500. The Hall–Kier alpha value is -0.830. The molecule has 0 aliphatic heterocycles. The zero-order valence-electron chi connectivity index (χ0n) is 5.42. The van der Waals surface area contributed by atoms with Crippen molar-refractivity contribution in [2.24, 2.45) is 5.73 Å². The molecule has 0 unspecified atom stereocenters. The molecule has 0 aromatic rings. The average molecular weight is 129 g/mol. The van der Waals surface area contributed by atoms with Crippen LogP contribution in [0.15, 0.2) is 12.2 Å². The van der Waals surface area contributed by atoms with Gasteiger partial charge in [-0.2, -0.15) is 0 Å². The van der Waals surface area contributed by atoms with Gasteiger partial charge >= 0.3 is 5.97 Å². The van der Waals surface area contributed by atoms with Gasteiger partial charge in [-0.25, -0.2) is 4.79 Å². The average Bonchev–Trinajstić information content (AvgIpc) is 1.63. The van der Waals surface area contributed by atoms with Crippen LogP contribution in [-0.4, -0.2) is 17.1 Å². The molecule has 3 N–H and O–H groups in total. The highest BCUT2D eigenvalue weighted by molar-refractivity contribution is 5.85. The summed E-state index contributed by atoms with van der Waals surface area (Å²) < 4.78 is 0. The summed E-state index contributed by atoms with van der Waals surface area (Å²) in [6, 6.07) is -0.117. The largest absolute Gasteiger partial charge is 0.478 e. The van der Waals surface area contributed by atoms with Gasteiger partial charge in [0.15, 0.2) is 0 Å². The maximum absolute atomic E-state index is 10.1. The Morgan fingerprint density at radius 2 is 2.33 bits per heavy atom. The third-order valence-corrected chi connectivity index (χ3v) is 0.871. The molecule has 0 fully saturated rings. The molecular formula is C6H11NO2. The van der Waals surface area contributed by atoms with Crippen molar-refractivity contribution >= 4 is 5.97 Å². The van der Waals surface area contributed by atoms with Crippen LogP contribution in [0.4, 0.5) is 0 Å². The number of carbonyl (C=O) groups is 1. The van der Waals surface area contributed by atoms with E-state index in [1.54, 1.807) is 6.92 Å². The molecule has 0 saturated heterocycles. The number of hydrogen-bond donors (Lipinski definition) is 2. The molecule has 0 heterocycles. The molecule has 0 rings (SSSR count). The molecule has 3 nitrogen and oxygen atoms in total. The van der Waals surface area contributed by atoms with Gasteiger partial charge in [-0.15, -0.1) is 0 Å². The van der Waals surface area contributed by atoms with Crippen LogP contribution < -0.4 is 5.73 Å². The van der Waals surface area contributed by atoms with Crippen LogP contribution in [0, 0.1) is 0 Å². The zero-order chi connectivity index (χ0) is 7.44. The van der Waals surface area contributed by atoms with Gasteiger partial charge in [-0.05, 0) is 13.3 Å². The van der Waals surface area contributed by atoms with Gasteiger partial charge in [0, 0.05) is 11.6 Å². The van der Waals surface area contributed by atoms with Crippen molar-refractivity contribution in [1.82, 2.24) is 0 Å². The number of aliphatic carboxylic acids is 1. The second kappa shape index (κ2) is 3.25. The van der Waals surface area contributed by atoms with E-state index in [9.17, 15) is 4.79 Å². The summed E-state index contributed by atoms with van der Waals surface area (Å²) >= 11 is 0. The lowest BCUT2D eigenvalue weighted by Gasteiger charge is -2.02. The fourth-order valence-corrected chi connectivity index (χ4v) is 0.476. The van der Waals surface area contributed by atoms with Crippen molar-refractivity contribution in [2.75, 3.05) is 0 Å². The summed E-state index contributed by atoms with van der Waals surface area (Å²) in [6.45, 7) is 5.06. The van der Waals surface area contributed by atoms with E-state index in [1.165, 1.54) is 0 Å². The quantitative estimate of drug-likeness (QED) is 0.541. The predicted octanol–water partition coefficient (Wildman–Crippen LogP) is 0.365. The van der Waals surface area contributed by atoms with E-state index in [0.717, 1.165) is 0 Å². The first-order chi connectivity index (χ1) is 4.04. The van der Waals surface area contributed by atoms with Crippen molar-refractivity contribution in [2.45, 2.75) is 19.4 Å². The summed E-state index contributed by atoms with van der Waals surface area (Å²) in [4.78, 5) is 10.1. The minimum absolute atomic E-state index is 0.117. The van der Waals surface area contributed by atoms with E-state index in [-0.39, 0.29) is 11.6 Å². The van der Waals surface area contributed by atoms with Gasteiger partial charge in [0.05, 0.1) is 0 Å². The van der Waals surface area contributed by atoms with E-state index in [1.807, 2.05) is 0 Å². The molecule has 0 aromatic carbocycles. The first-order valence-corrected chi connectivity index (χ1v) is 2.70. The standard InChI is InChI=1S/C6H11NO2/c1-4(6(8)9)3-5(2)7/h5H,1,3,7H2,2H3,(H,8,9)/t5-/m1/s1. The van der Waals surface area contributed by atoms with Gasteiger partial charge in [-0.1, -0.05) is 6.58 Å². The smallest absolute Gasteiger partial charge is 0.331 e. The lowest BCUT2D eigenvalue weighted by molar-refractivity contribution is -0.132. The molecule has 0 aromatic heterocycles. The molecule has 0 aliphatic carbocycles. The van der Waals surface area contributed by atoms with Crippen molar-refractivity contribution in [3.63, 3.8) is 0 Å². The molecule has 0 radical (unpaired) electrons. The SMILES string of the molecule is C=C(C[C@@H](C)N)C(=O)O. The minimum Gasteiger partial charge on any atom is -0.478 e. The van der Waals surface area contributed by atoms with E-state index in [4.69, 9.17) is 10.8 Å². The topological polar surface area (TPSA) is 63.3 Å². The van der Waals surface area contributed by atoms with Crippen LogP contribution in [0.2, 0.25) is 0 Å². The minimum atomic E-state index is -0.965. The third-order valence-electron chi connectivity index (χ3n) is 0.871. The van der Waals surface area contributed by atoms with E-state index in [0.29, 0.717) is 6.42 Å². The van der Waals surface area contributed by atoms with Crippen LogP contribution in [0.5, 0.6) is 0 Å². The predicted molar refractivity (Wildman–Crippen MR) is 35.0 cm³/mol. The van der Waals surface area contributed by atoms with E-state index < -0.39 is 5.97 Å². The molecule has 0 aliphatic rings. The molecular weight excluding hydrogens is 118 g/mol. The highest BCUT2D eigenvalue weighted by atomic mass is 16.4. The van der Waals surface area contributed by atoms with Crippen molar-refractivity contribution < 1.29 is 9.90 Å². The number of rotatable bonds is 3. The maximum Gasteiger partial charge on any atom is 0.331 e. The van der Waals surface area contributed by atoms with Gasteiger partial charge in [0.2, 0.25) is 0 Å². The lowest BCUT2D eigenvalue weighted by Crippen LogP contribution is -2.17. The normalized spacial score (nSPS) is 12.7. The Morgan fingerprint density at radius 3 is 2.44 bits per heavy atom. The lowest BCUT2D eigenvalue weighted by atomic mass is 10.1. The zero-order valence-corrected chi connectivity index (χ0v) is 5.42. The van der Waals surface area contributed by atoms with E-state index in [2.05, 4.69) is 6.58 Å². The monoisotopic (exact) mass is 129 g/mol. The highest BCUT2D eigenvalue weighted by Crippen LogP contribution is 1.99. The van der Waals surface area contributed by atoms with Gasteiger partial charge in [0.25, 0.3) is 0 Å². The second-order valence-electron chi connectivity index (χ2n) is 2.09. The Balaban J connectivity index is 3.65. The number of carboxylic acid groups (broad SMARTS) is 1. The molecule has 1 atom stereocenters. The van der Waals surface area contributed by atoms with Gasteiger partial charge in [-0.3, -0.25) is 0 Å². The van der Waals surface area contributed by atoms with Gasteiger partial charge in [0.1, 0.15) is 0 Å². The Kier molecular flexibility index (Phi) is 2.95. The summed E-state index contributed by atoms with van der Waals surface area (Å²) in [6.07, 6.45) is 0.356. The molecule has 0 bridgehead atoms. The van der Waals surface area contributed by atoms with Crippen LogP contribution in [-0.2, 0) is 4.79 Å². The number of carboxylic acids is 1. The molecule has 52 valence electrons. The number of hydrogen-bond acceptors (Lipinski definition) is 2. The maximum atomic E-state index is 10.1. The van der Waals surface area contributed by atoms with Crippen LogP contribution in [0.1, 0.15) is 13.3 Å². The first-order valence-electron chi connectivity index (χ1n) is 2.70. The molecule has 0 saturated carbocycles. The molecule has 3 heteroatoms. The molecule has 9 heavy (non-hydrogen) atoms. The Bertz CT molecular complexity index is 129. The van der Waals surface area contributed by atoms with Crippen LogP contribution in [0.3, 0.4) is 0 Å². The second-order valence-corrected chi connectivity index (χ2v) is 2.09. The number of nitrogens with two attached hydrogens (primary N) is 1. The fourth-order valence-electron chi connectivity index (χ4n) is 0.476. The summed E-state index contributed by atoms with van der Waals surface area (Å²) in [5, 5.41) is 8.28. The summed E-state index contributed by atoms with van der Waals surface area (Å²) in [7, 11) is 0. The van der Waals surface area contributed by atoms with Crippen LogP contribution in [0.25, 0.3) is 0 Å². The first kappa shape index (κ1) is 8.17. The van der Waals surface area contributed by atoms with Crippen LogP contribution >= 0.6 is 0 Å². The molecule has 0 spiro atoms. The molecule has 0 amide bonds. The Morgan fingerprint density at radius 1 is 1.89 bits per heavy atom. The van der Waals surface area contributed by atoms with Crippen molar-refractivity contribution in [3.05, 3.63) is 12.2 Å². The van der Waals surface area contributed by atoms with Gasteiger partial charge < -0.3 is 10.8 Å². The third kappa shape index (κ3) is 3.73. The summed E-state index contributed by atoms with van der Waals surface area (Å²) in [5.41, 5.74) is 5.48. The summed E-state index contributed by atoms with van der Waals surface area (Å²) in [5.74, 6) is -0.965.